The number of benzene rings is 1. The molecule has 1 fully saturated rings. The van der Waals surface area contributed by atoms with E-state index in [0.717, 1.165) is 40.4 Å². The van der Waals surface area contributed by atoms with Crippen LogP contribution in [0.2, 0.25) is 0 Å². The van der Waals surface area contributed by atoms with E-state index in [0.29, 0.717) is 19.6 Å². The third kappa shape index (κ3) is 4.25. The normalized spacial score (nSPS) is 16.4. The van der Waals surface area contributed by atoms with Crippen molar-refractivity contribution in [1.82, 2.24) is 14.2 Å². The van der Waals surface area contributed by atoms with E-state index in [4.69, 9.17) is 4.42 Å². The summed E-state index contributed by atoms with van der Waals surface area (Å²) in [7, 11) is -3.85. The molecule has 0 aliphatic carbocycles. The highest BCUT2D eigenvalue weighted by Crippen LogP contribution is 2.26. The number of thiazole rings is 1. The maximum Gasteiger partial charge on any atom is 0.243 e. The van der Waals surface area contributed by atoms with Crippen molar-refractivity contribution in [1.29, 1.82) is 0 Å². The van der Waals surface area contributed by atoms with Crippen LogP contribution in [0.4, 0.5) is 8.78 Å². The fourth-order valence-electron chi connectivity index (χ4n) is 3.19. The van der Waals surface area contributed by atoms with Crippen molar-refractivity contribution in [3.05, 3.63) is 58.8 Å². The van der Waals surface area contributed by atoms with Gasteiger partial charge in [-0.2, -0.15) is 4.31 Å². The number of hydrogen-bond acceptors (Lipinski definition) is 6. The van der Waals surface area contributed by atoms with Gasteiger partial charge in [0.25, 0.3) is 0 Å². The zero-order valence-corrected chi connectivity index (χ0v) is 17.3. The molecule has 0 bridgehead atoms. The Morgan fingerprint density at radius 2 is 1.86 bits per heavy atom. The molecule has 154 valence electrons. The van der Waals surface area contributed by atoms with Crippen molar-refractivity contribution < 1.29 is 21.6 Å². The molecule has 1 aliphatic heterocycles. The monoisotopic (exact) mass is 439 g/mol. The fraction of sp³-hybridized carbons (Fsp3) is 0.316. The number of hydrogen-bond donors (Lipinski definition) is 0. The molecule has 0 atom stereocenters. The molecule has 1 saturated heterocycles. The van der Waals surface area contributed by atoms with Crippen LogP contribution in [-0.2, 0) is 16.6 Å². The van der Waals surface area contributed by atoms with Crippen LogP contribution in [-0.4, -0.2) is 48.8 Å². The summed E-state index contributed by atoms with van der Waals surface area (Å²) in [4.78, 5) is 6.48. The third-order valence-corrected chi connectivity index (χ3v) is 7.55. The molecule has 1 aromatic carbocycles. The number of halogens is 2. The highest BCUT2D eigenvalue weighted by atomic mass is 32.2. The predicted molar refractivity (Wildman–Crippen MR) is 105 cm³/mol. The van der Waals surface area contributed by atoms with E-state index >= 15 is 0 Å². The Morgan fingerprint density at radius 3 is 2.52 bits per heavy atom. The van der Waals surface area contributed by atoms with Gasteiger partial charge < -0.3 is 4.42 Å². The van der Waals surface area contributed by atoms with Crippen molar-refractivity contribution in [3.63, 3.8) is 0 Å². The Kier molecular flexibility index (Phi) is 5.52. The molecular weight excluding hydrogens is 420 g/mol. The SMILES string of the molecule is Cc1ccc(-c2nc(CN3CCN(S(=O)(=O)c4ccc(F)c(F)c4)CC3)cs2)o1. The minimum absolute atomic E-state index is 0.234. The average molecular weight is 440 g/mol. The van der Waals surface area contributed by atoms with E-state index in [9.17, 15) is 17.2 Å². The van der Waals surface area contributed by atoms with Crippen LogP contribution >= 0.6 is 11.3 Å². The summed E-state index contributed by atoms with van der Waals surface area (Å²) in [6, 6.07) is 6.43. The molecule has 0 spiro atoms. The molecule has 4 rings (SSSR count). The molecule has 0 radical (unpaired) electrons. The fourth-order valence-corrected chi connectivity index (χ4v) is 5.39. The third-order valence-electron chi connectivity index (χ3n) is 4.75. The van der Waals surface area contributed by atoms with E-state index in [1.165, 1.54) is 15.6 Å². The van der Waals surface area contributed by atoms with Crippen LogP contribution in [0, 0.1) is 18.6 Å². The molecule has 2 aromatic heterocycles. The second-order valence-electron chi connectivity index (χ2n) is 6.81. The van der Waals surface area contributed by atoms with E-state index in [2.05, 4.69) is 9.88 Å². The number of furan rings is 1. The number of nitrogens with zero attached hydrogens (tertiary/aromatic N) is 3. The van der Waals surface area contributed by atoms with Crippen LogP contribution in [0.15, 0.2) is 45.0 Å². The predicted octanol–water partition coefficient (Wildman–Crippen LogP) is 3.50. The van der Waals surface area contributed by atoms with Crippen LogP contribution in [0.25, 0.3) is 10.8 Å². The van der Waals surface area contributed by atoms with Gasteiger partial charge in [-0.3, -0.25) is 4.90 Å². The Balaban J connectivity index is 1.38. The van der Waals surface area contributed by atoms with Gasteiger partial charge in [0, 0.05) is 38.1 Å². The molecule has 0 N–H and O–H groups in total. The lowest BCUT2D eigenvalue weighted by Crippen LogP contribution is -2.48. The molecule has 29 heavy (non-hydrogen) atoms. The van der Waals surface area contributed by atoms with Gasteiger partial charge in [-0.15, -0.1) is 11.3 Å². The Labute approximate surface area is 171 Å². The minimum atomic E-state index is -3.85. The molecule has 3 heterocycles. The van der Waals surface area contributed by atoms with Gasteiger partial charge in [0.15, 0.2) is 22.4 Å². The highest BCUT2D eigenvalue weighted by molar-refractivity contribution is 7.89. The van der Waals surface area contributed by atoms with E-state index in [1.807, 2.05) is 24.4 Å². The maximum absolute atomic E-state index is 13.4. The molecule has 6 nitrogen and oxygen atoms in total. The summed E-state index contributed by atoms with van der Waals surface area (Å²) in [6.07, 6.45) is 0. The lowest BCUT2D eigenvalue weighted by atomic mass is 10.3. The quantitative estimate of drug-likeness (QED) is 0.609. The first kappa shape index (κ1) is 20.1. The lowest BCUT2D eigenvalue weighted by molar-refractivity contribution is 0.180. The first-order valence-corrected chi connectivity index (χ1v) is 11.3. The van der Waals surface area contributed by atoms with Gasteiger partial charge >= 0.3 is 0 Å². The van der Waals surface area contributed by atoms with Gasteiger partial charge in [0.05, 0.1) is 10.6 Å². The first-order chi connectivity index (χ1) is 13.8. The minimum Gasteiger partial charge on any atom is -0.459 e. The zero-order valence-electron chi connectivity index (χ0n) is 15.6. The van der Waals surface area contributed by atoms with Crippen LogP contribution < -0.4 is 0 Å². The smallest absolute Gasteiger partial charge is 0.243 e. The lowest BCUT2D eigenvalue weighted by Gasteiger charge is -2.33. The number of aromatic nitrogens is 1. The van der Waals surface area contributed by atoms with Gasteiger partial charge in [0.1, 0.15) is 5.76 Å². The van der Waals surface area contributed by atoms with Crippen molar-refractivity contribution >= 4 is 21.4 Å². The van der Waals surface area contributed by atoms with Gasteiger partial charge in [0.2, 0.25) is 10.0 Å². The second-order valence-corrected chi connectivity index (χ2v) is 9.61. The van der Waals surface area contributed by atoms with E-state index in [-0.39, 0.29) is 18.0 Å². The summed E-state index contributed by atoms with van der Waals surface area (Å²) in [6.45, 7) is 4.08. The van der Waals surface area contributed by atoms with E-state index < -0.39 is 21.7 Å². The number of aryl methyl sites for hydroxylation is 1. The Morgan fingerprint density at radius 1 is 1.10 bits per heavy atom. The number of rotatable bonds is 5. The maximum atomic E-state index is 13.4. The molecule has 0 amide bonds. The van der Waals surface area contributed by atoms with Crippen molar-refractivity contribution in [3.8, 4) is 10.8 Å². The van der Waals surface area contributed by atoms with Crippen LogP contribution in [0.5, 0.6) is 0 Å². The standard InChI is InChI=1S/C19H19F2N3O3S2/c1-13-2-5-18(27-13)19-22-14(12-28-19)11-23-6-8-24(9-7-23)29(25,26)15-3-4-16(20)17(21)10-15/h2-5,10,12H,6-9,11H2,1H3. The Hall–Kier alpha value is -2.14. The molecular formula is C19H19F2N3O3S2. The summed E-state index contributed by atoms with van der Waals surface area (Å²) in [5.74, 6) is -0.673. The highest BCUT2D eigenvalue weighted by Gasteiger charge is 2.29. The van der Waals surface area contributed by atoms with Crippen molar-refractivity contribution in [2.45, 2.75) is 18.4 Å². The molecule has 0 saturated carbocycles. The van der Waals surface area contributed by atoms with Gasteiger partial charge in [-0.25, -0.2) is 22.2 Å². The summed E-state index contributed by atoms with van der Waals surface area (Å²) in [5.41, 5.74) is 0.899. The number of piperazine rings is 1. The van der Waals surface area contributed by atoms with Crippen molar-refractivity contribution in [2.24, 2.45) is 0 Å². The van der Waals surface area contributed by atoms with Crippen LogP contribution in [0.3, 0.4) is 0 Å². The summed E-state index contributed by atoms with van der Waals surface area (Å²) in [5, 5.41) is 2.78. The second kappa shape index (κ2) is 7.94. The molecule has 1 aliphatic rings. The first-order valence-electron chi connectivity index (χ1n) is 9.02. The average Bonchev–Trinajstić information content (AvgIpc) is 3.33. The zero-order chi connectivity index (χ0) is 20.6. The number of sulfonamides is 1. The summed E-state index contributed by atoms with van der Waals surface area (Å²) < 4.78 is 58.8. The van der Waals surface area contributed by atoms with Gasteiger partial charge in [-0.05, 0) is 37.3 Å². The Bertz CT molecular complexity index is 1120. The topological polar surface area (TPSA) is 66.7 Å². The molecule has 0 unspecified atom stereocenters. The molecule has 3 aromatic rings. The van der Waals surface area contributed by atoms with Crippen molar-refractivity contribution in [2.75, 3.05) is 26.2 Å². The van der Waals surface area contributed by atoms with E-state index in [1.54, 1.807) is 0 Å². The van der Waals surface area contributed by atoms with Crippen LogP contribution in [0.1, 0.15) is 11.5 Å². The summed E-state index contributed by atoms with van der Waals surface area (Å²) >= 11 is 1.51. The van der Waals surface area contributed by atoms with Gasteiger partial charge in [-0.1, -0.05) is 0 Å². The molecule has 10 heteroatoms. The largest absolute Gasteiger partial charge is 0.459 e.